The molecule has 1 aliphatic heterocycles. The van der Waals surface area contributed by atoms with Crippen molar-refractivity contribution in [3.05, 3.63) is 29.8 Å². The lowest BCUT2D eigenvalue weighted by atomic mass is 10.1. The maximum Gasteiger partial charge on any atom is 0.326 e. The van der Waals surface area contributed by atoms with Gasteiger partial charge in [0.25, 0.3) is 0 Å². The molecule has 6 nitrogen and oxygen atoms in total. The number of carbonyl (C=O) groups excluding carboxylic acids is 1. The van der Waals surface area contributed by atoms with Crippen molar-refractivity contribution >= 4 is 12.0 Å². The van der Waals surface area contributed by atoms with E-state index >= 15 is 0 Å². The number of benzene rings is 1. The lowest BCUT2D eigenvalue weighted by molar-refractivity contribution is -0.141. The first-order valence-corrected chi connectivity index (χ1v) is 7.02. The number of nitrogens with one attached hydrogen (secondary N) is 1. The molecule has 1 aromatic carbocycles. The highest BCUT2D eigenvalue weighted by Crippen LogP contribution is 2.18. The smallest absolute Gasteiger partial charge is 0.326 e. The summed E-state index contributed by atoms with van der Waals surface area (Å²) in [5, 5.41) is 11.8. The standard InChI is InChI=1S/C15H20N2O4/c1-21-13-7-3-2-5-11(13)8-9-16-15(20)17-10-4-6-12(17)14(18)19/h2-3,5,7,12H,4,6,8-10H2,1H3,(H,16,20)(H,18,19)/t12-/m0/s1. The zero-order valence-corrected chi connectivity index (χ0v) is 12.0. The highest BCUT2D eigenvalue weighted by Gasteiger charge is 2.33. The Morgan fingerprint density at radius 3 is 2.90 bits per heavy atom. The van der Waals surface area contributed by atoms with E-state index in [-0.39, 0.29) is 6.03 Å². The minimum atomic E-state index is -0.938. The van der Waals surface area contributed by atoms with Gasteiger partial charge in [-0.15, -0.1) is 0 Å². The number of rotatable bonds is 5. The van der Waals surface area contributed by atoms with Crippen molar-refractivity contribution in [1.29, 1.82) is 0 Å². The Morgan fingerprint density at radius 2 is 2.19 bits per heavy atom. The number of para-hydroxylation sites is 1. The van der Waals surface area contributed by atoms with Crippen LogP contribution < -0.4 is 10.1 Å². The minimum absolute atomic E-state index is 0.310. The summed E-state index contributed by atoms with van der Waals surface area (Å²) in [6, 6.07) is 6.62. The van der Waals surface area contributed by atoms with E-state index in [9.17, 15) is 9.59 Å². The Balaban J connectivity index is 1.85. The van der Waals surface area contributed by atoms with Crippen molar-refractivity contribution in [2.75, 3.05) is 20.2 Å². The summed E-state index contributed by atoms with van der Waals surface area (Å²) in [5.74, 6) is -0.149. The van der Waals surface area contributed by atoms with Crippen LogP contribution in [-0.2, 0) is 11.2 Å². The van der Waals surface area contributed by atoms with E-state index in [0.717, 1.165) is 17.7 Å². The fraction of sp³-hybridized carbons (Fsp3) is 0.467. The number of likely N-dealkylation sites (tertiary alicyclic amines) is 1. The number of nitrogens with zero attached hydrogens (tertiary/aromatic N) is 1. The van der Waals surface area contributed by atoms with Gasteiger partial charge in [0.05, 0.1) is 7.11 Å². The third-order valence-corrected chi connectivity index (χ3v) is 3.66. The molecule has 6 heteroatoms. The van der Waals surface area contributed by atoms with Crippen LogP contribution in [0.25, 0.3) is 0 Å². The second kappa shape index (κ2) is 6.97. The molecule has 1 aromatic rings. The normalized spacial score (nSPS) is 17.6. The second-order valence-electron chi connectivity index (χ2n) is 4.98. The fourth-order valence-electron chi connectivity index (χ4n) is 2.58. The number of carboxylic acid groups (broad SMARTS) is 1. The third-order valence-electron chi connectivity index (χ3n) is 3.66. The number of methoxy groups -OCH3 is 1. The lowest BCUT2D eigenvalue weighted by Crippen LogP contribution is -2.46. The maximum absolute atomic E-state index is 12.0. The first kappa shape index (κ1) is 15.2. The number of carboxylic acids is 1. The van der Waals surface area contributed by atoms with Gasteiger partial charge in [-0.2, -0.15) is 0 Å². The Bertz CT molecular complexity index is 518. The van der Waals surface area contributed by atoms with Crippen LogP contribution in [0.2, 0.25) is 0 Å². The molecule has 1 saturated heterocycles. The molecule has 0 saturated carbocycles. The Hall–Kier alpha value is -2.24. The van der Waals surface area contributed by atoms with Crippen molar-refractivity contribution < 1.29 is 19.4 Å². The van der Waals surface area contributed by atoms with Gasteiger partial charge in [-0.1, -0.05) is 18.2 Å². The van der Waals surface area contributed by atoms with Crippen molar-refractivity contribution in [1.82, 2.24) is 10.2 Å². The predicted octanol–water partition coefficient (Wildman–Crippen LogP) is 1.50. The van der Waals surface area contributed by atoms with Gasteiger partial charge in [-0.25, -0.2) is 9.59 Å². The van der Waals surface area contributed by atoms with Crippen molar-refractivity contribution in [3.8, 4) is 5.75 Å². The molecule has 0 spiro atoms. The van der Waals surface area contributed by atoms with Gasteiger partial charge in [-0.3, -0.25) is 0 Å². The van der Waals surface area contributed by atoms with E-state index in [1.54, 1.807) is 7.11 Å². The zero-order chi connectivity index (χ0) is 15.2. The summed E-state index contributed by atoms with van der Waals surface area (Å²) in [6.07, 6.45) is 1.90. The minimum Gasteiger partial charge on any atom is -0.496 e. The van der Waals surface area contributed by atoms with Crippen LogP contribution in [0.4, 0.5) is 4.79 Å². The molecule has 2 N–H and O–H groups in total. The summed E-state index contributed by atoms with van der Waals surface area (Å²) in [4.78, 5) is 24.5. The molecule has 21 heavy (non-hydrogen) atoms. The molecule has 1 fully saturated rings. The molecule has 2 amide bonds. The first-order valence-electron chi connectivity index (χ1n) is 7.02. The largest absolute Gasteiger partial charge is 0.496 e. The van der Waals surface area contributed by atoms with Gasteiger partial charge >= 0.3 is 12.0 Å². The SMILES string of the molecule is COc1ccccc1CCNC(=O)N1CCC[C@H]1C(=O)O. The second-order valence-corrected chi connectivity index (χ2v) is 4.98. The Morgan fingerprint density at radius 1 is 1.43 bits per heavy atom. The zero-order valence-electron chi connectivity index (χ0n) is 12.0. The molecule has 0 aromatic heterocycles. The molecule has 2 rings (SSSR count). The monoisotopic (exact) mass is 292 g/mol. The summed E-state index contributed by atoms with van der Waals surface area (Å²) < 4.78 is 5.25. The molecule has 0 unspecified atom stereocenters. The average Bonchev–Trinajstić information content (AvgIpc) is 2.97. The lowest BCUT2D eigenvalue weighted by Gasteiger charge is -2.21. The van der Waals surface area contributed by atoms with E-state index in [1.165, 1.54) is 4.90 Å². The molecule has 0 radical (unpaired) electrons. The number of aliphatic carboxylic acids is 1. The van der Waals surface area contributed by atoms with Crippen LogP contribution in [0, 0.1) is 0 Å². The van der Waals surface area contributed by atoms with Crippen molar-refractivity contribution in [2.45, 2.75) is 25.3 Å². The summed E-state index contributed by atoms with van der Waals surface area (Å²) in [7, 11) is 1.61. The fourth-order valence-corrected chi connectivity index (χ4v) is 2.58. The molecule has 1 atom stereocenters. The molecule has 1 heterocycles. The van der Waals surface area contributed by atoms with Gasteiger partial charge in [0, 0.05) is 13.1 Å². The van der Waals surface area contributed by atoms with Gasteiger partial charge in [0.2, 0.25) is 0 Å². The molecule has 0 bridgehead atoms. The van der Waals surface area contributed by atoms with Crippen LogP contribution in [-0.4, -0.2) is 48.2 Å². The molecule has 0 aliphatic carbocycles. The van der Waals surface area contributed by atoms with E-state index < -0.39 is 12.0 Å². The van der Waals surface area contributed by atoms with Crippen LogP contribution in [0.5, 0.6) is 5.75 Å². The molecule has 114 valence electrons. The van der Waals surface area contributed by atoms with Crippen molar-refractivity contribution in [2.24, 2.45) is 0 Å². The molecular formula is C15H20N2O4. The highest BCUT2D eigenvalue weighted by molar-refractivity contribution is 5.83. The van der Waals surface area contributed by atoms with Gasteiger partial charge in [0.15, 0.2) is 0 Å². The van der Waals surface area contributed by atoms with Gasteiger partial charge in [0.1, 0.15) is 11.8 Å². The molecule has 1 aliphatic rings. The van der Waals surface area contributed by atoms with Crippen LogP contribution in [0.1, 0.15) is 18.4 Å². The quantitative estimate of drug-likeness (QED) is 0.862. The number of hydrogen-bond donors (Lipinski definition) is 2. The van der Waals surface area contributed by atoms with E-state index in [1.807, 2.05) is 24.3 Å². The summed E-state index contributed by atoms with van der Waals surface area (Å²) in [5.41, 5.74) is 1.01. The number of carbonyl (C=O) groups is 2. The molecular weight excluding hydrogens is 272 g/mol. The number of ether oxygens (including phenoxy) is 1. The van der Waals surface area contributed by atoms with Crippen LogP contribution in [0.3, 0.4) is 0 Å². The van der Waals surface area contributed by atoms with Crippen LogP contribution >= 0.6 is 0 Å². The Labute approximate surface area is 123 Å². The Kier molecular flexibility index (Phi) is 5.03. The van der Waals surface area contributed by atoms with E-state index in [4.69, 9.17) is 9.84 Å². The summed E-state index contributed by atoms with van der Waals surface area (Å²) in [6.45, 7) is 0.944. The van der Waals surface area contributed by atoms with Gasteiger partial charge < -0.3 is 20.1 Å². The van der Waals surface area contributed by atoms with Crippen molar-refractivity contribution in [3.63, 3.8) is 0 Å². The third kappa shape index (κ3) is 3.65. The van der Waals surface area contributed by atoms with Crippen LogP contribution in [0.15, 0.2) is 24.3 Å². The number of hydrogen-bond acceptors (Lipinski definition) is 3. The maximum atomic E-state index is 12.0. The number of amides is 2. The predicted molar refractivity (Wildman–Crippen MR) is 77.5 cm³/mol. The van der Waals surface area contributed by atoms with E-state index in [2.05, 4.69) is 5.32 Å². The first-order chi connectivity index (χ1) is 10.1. The van der Waals surface area contributed by atoms with E-state index in [0.29, 0.717) is 25.9 Å². The summed E-state index contributed by atoms with van der Waals surface area (Å²) >= 11 is 0. The number of urea groups is 1. The van der Waals surface area contributed by atoms with Gasteiger partial charge in [-0.05, 0) is 30.9 Å². The highest BCUT2D eigenvalue weighted by atomic mass is 16.5. The average molecular weight is 292 g/mol. The topological polar surface area (TPSA) is 78.9 Å².